The minimum Gasteiger partial charge on any atom is -0.496 e. The monoisotopic (exact) mass is 430 g/mol. The molecule has 1 aromatic heterocycles. The number of methoxy groups -OCH3 is 1. The van der Waals surface area contributed by atoms with Gasteiger partial charge in [-0.3, -0.25) is 0 Å². The molecule has 8 heteroatoms. The van der Waals surface area contributed by atoms with Crippen LogP contribution < -0.4 is 14.8 Å². The molecular formula is C18H15BrN4O2S. The molecular weight excluding hydrogens is 416 g/mol. The molecule has 26 heavy (non-hydrogen) atoms. The number of halogens is 1. The van der Waals surface area contributed by atoms with Crippen LogP contribution in [0.15, 0.2) is 52.1 Å². The topological polar surface area (TPSA) is 69.2 Å². The van der Waals surface area contributed by atoms with E-state index in [0.717, 1.165) is 27.0 Å². The molecule has 1 N–H and O–H groups in total. The van der Waals surface area contributed by atoms with Crippen molar-refractivity contribution in [2.75, 3.05) is 18.7 Å². The van der Waals surface area contributed by atoms with Crippen LogP contribution in [0.5, 0.6) is 11.6 Å². The van der Waals surface area contributed by atoms with Gasteiger partial charge in [0.2, 0.25) is 17.3 Å². The number of fused-ring (bicyclic) bond motifs is 3. The maximum atomic E-state index is 6.23. The van der Waals surface area contributed by atoms with Crippen LogP contribution in [0.2, 0.25) is 0 Å². The summed E-state index contributed by atoms with van der Waals surface area (Å²) < 4.78 is 12.7. The van der Waals surface area contributed by atoms with Gasteiger partial charge in [0.25, 0.3) is 0 Å². The second-order valence-corrected chi connectivity index (χ2v) is 7.22. The fraction of sp³-hybridized carbons (Fsp3) is 0.167. The molecule has 2 heterocycles. The Kier molecular flexibility index (Phi) is 4.69. The summed E-state index contributed by atoms with van der Waals surface area (Å²) in [4.78, 5) is 4.52. The third-order valence-corrected chi connectivity index (χ3v) is 5.02. The molecule has 0 radical (unpaired) electrons. The smallest absolute Gasteiger partial charge is 0.247 e. The van der Waals surface area contributed by atoms with Crippen LogP contribution in [-0.2, 0) is 0 Å². The van der Waals surface area contributed by atoms with Crippen LogP contribution in [-0.4, -0.2) is 28.5 Å². The summed E-state index contributed by atoms with van der Waals surface area (Å²) in [5.74, 6) is 1.16. The lowest BCUT2D eigenvalue weighted by molar-refractivity contribution is 0.219. The Labute approximate surface area is 163 Å². The molecule has 3 aromatic rings. The highest BCUT2D eigenvalue weighted by Gasteiger charge is 2.27. The van der Waals surface area contributed by atoms with Gasteiger partial charge in [0, 0.05) is 15.7 Å². The number of anilines is 1. The summed E-state index contributed by atoms with van der Waals surface area (Å²) in [6.45, 7) is 0. The number of nitrogens with one attached hydrogen (secondary N) is 1. The highest BCUT2D eigenvalue weighted by Crippen LogP contribution is 2.41. The molecule has 1 atom stereocenters. The lowest BCUT2D eigenvalue weighted by Gasteiger charge is -2.21. The minimum absolute atomic E-state index is 0.439. The van der Waals surface area contributed by atoms with E-state index in [4.69, 9.17) is 9.47 Å². The molecule has 132 valence electrons. The second-order valence-electron chi connectivity index (χ2n) is 5.53. The van der Waals surface area contributed by atoms with Gasteiger partial charge in [-0.15, -0.1) is 10.2 Å². The Balaban J connectivity index is 1.89. The molecule has 2 aromatic carbocycles. The molecule has 1 aliphatic rings. The molecule has 0 spiro atoms. The van der Waals surface area contributed by atoms with E-state index in [2.05, 4.69) is 36.4 Å². The van der Waals surface area contributed by atoms with Crippen molar-refractivity contribution in [3.63, 3.8) is 0 Å². The van der Waals surface area contributed by atoms with Crippen LogP contribution in [0.4, 0.5) is 5.69 Å². The third kappa shape index (κ3) is 3.10. The van der Waals surface area contributed by atoms with Crippen molar-refractivity contribution >= 4 is 33.4 Å². The van der Waals surface area contributed by atoms with Gasteiger partial charge in [0.05, 0.1) is 12.7 Å². The lowest BCUT2D eigenvalue weighted by atomic mass is 10.1. The van der Waals surface area contributed by atoms with Crippen molar-refractivity contribution < 1.29 is 9.47 Å². The molecule has 6 nitrogen and oxygen atoms in total. The molecule has 0 amide bonds. The summed E-state index contributed by atoms with van der Waals surface area (Å²) in [7, 11) is 1.64. The molecule has 0 unspecified atom stereocenters. The van der Waals surface area contributed by atoms with Gasteiger partial charge in [-0.25, -0.2) is 0 Å². The van der Waals surface area contributed by atoms with E-state index in [0.29, 0.717) is 16.7 Å². The summed E-state index contributed by atoms with van der Waals surface area (Å²) in [6, 6.07) is 13.7. The SMILES string of the molecule is COc1ccc(Br)cc1[C@@H]1Nc2ccccc2-c2nnc(SC)nc2O1. The molecule has 0 fully saturated rings. The lowest BCUT2D eigenvalue weighted by Crippen LogP contribution is -2.18. The van der Waals surface area contributed by atoms with Gasteiger partial charge in [0.1, 0.15) is 5.75 Å². The summed E-state index contributed by atoms with van der Waals surface area (Å²) in [5, 5.41) is 12.5. The van der Waals surface area contributed by atoms with Crippen molar-refractivity contribution in [1.29, 1.82) is 0 Å². The Hall–Kier alpha value is -2.32. The highest BCUT2D eigenvalue weighted by atomic mass is 79.9. The van der Waals surface area contributed by atoms with Gasteiger partial charge < -0.3 is 14.8 Å². The fourth-order valence-electron chi connectivity index (χ4n) is 2.78. The van der Waals surface area contributed by atoms with Gasteiger partial charge in [-0.05, 0) is 30.5 Å². The van der Waals surface area contributed by atoms with Crippen LogP contribution in [0.3, 0.4) is 0 Å². The van der Waals surface area contributed by atoms with Crippen LogP contribution in [0.25, 0.3) is 11.3 Å². The maximum absolute atomic E-state index is 6.23. The van der Waals surface area contributed by atoms with E-state index in [1.54, 1.807) is 7.11 Å². The first-order valence-corrected chi connectivity index (χ1v) is 9.86. The normalized spacial score (nSPS) is 15.1. The van der Waals surface area contributed by atoms with Gasteiger partial charge in [-0.2, -0.15) is 4.98 Å². The minimum atomic E-state index is -0.490. The Morgan fingerprint density at radius 2 is 2.04 bits per heavy atom. The number of thioether (sulfide) groups is 1. The fourth-order valence-corrected chi connectivity index (χ4v) is 3.46. The molecule has 0 saturated carbocycles. The highest BCUT2D eigenvalue weighted by molar-refractivity contribution is 9.10. The molecule has 4 rings (SSSR count). The van der Waals surface area contributed by atoms with Crippen LogP contribution in [0, 0.1) is 0 Å². The van der Waals surface area contributed by atoms with Crippen molar-refractivity contribution in [1.82, 2.24) is 15.2 Å². The third-order valence-electron chi connectivity index (χ3n) is 3.99. The summed E-state index contributed by atoms with van der Waals surface area (Å²) >= 11 is 4.94. The van der Waals surface area contributed by atoms with E-state index in [1.807, 2.05) is 48.7 Å². The number of nitrogens with zero attached hydrogens (tertiary/aromatic N) is 3. The molecule has 0 saturated heterocycles. The number of hydrogen-bond donors (Lipinski definition) is 1. The number of rotatable bonds is 3. The van der Waals surface area contributed by atoms with Crippen LogP contribution in [0.1, 0.15) is 11.8 Å². The molecule has 0 bridgehead atoms. The Morgan fingerprint density at radius 1 is 1.19 bits per heavy atom. The van der Waals surface area contributed by atoms with Crippen molar-refractivity contribution in [2.45, 2.75) is 11.4 Å². The number of hydrogen-bond acceptors (Lipinski definition) is 7. The number of para-hydroxylation sites is 1. The first kappa shape index (κ1) is 17.1. The zero-order valence-corrected chi connectivity index (χ0v) is 16.5. The quantitative estimate of drug-likeness (QED) is 0.611. The second kappa shape index (κ2) is 7.13. The summed E-state index contributed by atoms with van der Waals surface area (Å²) in [6.07, 6.45) is 1.41. The van der Waals surface area contributed by atoms with Crippen LogP contribution >= 0.6 is 27.7 Å². The van der Waals surface area contributed by atoms with E-state index in [1.165, 1.54) is 11.8 Å². The van der Waals surface area contributed by atoms with E-state index < -0.39 is 6.23 Å². The zero-order valence-electron chi connectivity index (χ0n) is 14.1. The predicted molar refractivity (Wildman–Crippen MR) is 105 cm³/mol. The van der Waals surface area contributed by atoms with Crippen molar-refractivity contribution in [2.24, 2.45) is 0 Å². The van der Waals surface area contributed by atoms with Gasteiger partial charge in [0.15, 0.2) is 5.69 Å². The zero-order chi connectivity index (χ0) is 18.1. The van der Waals surface area contributed by atoms with Gasteiger partial charge >= 0.3 is 0 Å². The molecule has 1 aliphatic heterocycles. The number of aromatic nitrogens is 3. The largest absolute Gasteiger partial charge is 0.496 e. The number of benzene rings is 2. The van der Waals surface area contributed by atoms with Crippen molar-refractivity contribution in [3.05, 3.63) is 52.5 Å². The van der Waals surface area contributed by atoms with E-state index >= 15 is 0 Å². The standard InChI is InChI=1S/C18H15BrN4O2S/c1-24-14-8-7-10(19)9-12(14)16-20-13-6-4-3-5-11(13)15-17(25-16)21-18(26-2)23-22-15/h3-9,16,20H,1-2H3/t16-/m1/s1. The number of ether oxygens (including phenoxy) is 2. The average molecular weight is 431 g/mol. The molecule has 0 aliphatic carbocycles. The first-order valence-electron chi connectivity index (χ1n) is 7.84. The predicted octanol–water partition coefficient (Wildman–Crippen LogP) is 4.53. The Bertz CT molecular complexity index is 970. The van der Waals surface area contributed by atoms with E-state index in [9.17, 15) is 0 Å². The van der Waals surface area contributed by atoms with E-state index in [-0.39, 0.29) is 0 Å². The average Bonchev–Trinajstić information content (AvgIpc) is 2.84. The van der Waals surface area contributed by atoms with Crippen molar-refractivity contribution in [3.8, 4) is 22.9 Å². The maximum Gasteiger partial charge on any atom is 0.247 e. The van der Waals surface area contributed by atoms with Gasteiger partial charge in [-0.1, -0.05) is 45.9 Å². The Morgan fingerprint density at radius 3 is 2.85 bits per heavy atom. The summed E-state index contributed by atoms with van der Waals surface area (Å²) in [5.41, 5.74) is 3.26. The first-order chi connectivity index (χ1) is 12.7.